The van der Waals surface area contributed by atoms with Crippen LogP contribution < -0.4 is 0 Å². The van der Waals surface area contributed by atoms with E-state index < -0.39 is 0 Å². The molecule has 214 valence electrons. The van der Waals surface area contributed by atoms with Crippen molar-refractivity contribution in [1.29, 1.82) is 0 Å². The van der Waals surface area contributed by atoms with Crippen LogP contribution in [0.2, 0.25) is 0 Å². The number of nitrogens with zero attached hydrogens (tertiary/aromatic N) is 3. The number of aryl methyl sites for hydroxylation is 2. The van der Waals surface area contributed by atoms with Crippen molar-refractivity contribution >= 4 is 0 Å². The molecule has 2 aromatic carbocycles. The maximum absolute atomic E-state index is 11.5. The predicted octanol–water partition coefficient (Wildman–Crippen LogP) is 7.02. The van der Waals surface area contributed by atoms with Crippen LogP contribution in [0.1, 0.15) is 104 Å². The maximum atomic E-state index is 11.5. The van der Waals surface area contributed by atoms with Crippen LogP contribution in [0.4, 0.5) is 0 Å². The van der Waals surface area contributed by atoms with Gasteiger partial charge in [-0.3, -0.25) is 14.7 Å². The average molecular weight is 534 g/mol. The molecule has 2 aromatic rings. The molecule has 0 bridgehead atoms. The van der Waals surface area contributed by atoms with Crippen molar-refractivity contribution in [3.63, 3.8) is 0 Å². The quantitative estimate of drug-likeness (QED) is 0.363. The van der Waals surface area contributed by atoms with Crippen molar-refractivity contribution in [3.8, 4) is 11.5 Å². The Hall–Kier alpha value is -2.08. The Bertz CT molecular complexity index is 1000. The monoisotopic (exact) mass is 533 g/mol. The second-order valence-corrected chi connectivity index (χ2v) is 12.7. The molecule has 5 nitrogen and oxygen atoms in total. The summed E-state index contributed by atoms with van der Waals surface area (Å²) in [5.41, 5.74) is 6.65. The number of piperidine rings is 2. The van der Waals surface area contributed by atoms with E-state index >= 15 is 0 Å². The zero-order chi connectivity index (χ0) is 27.2. The molecule has 0 aromatic heterocycles. The topological polar surface area (TPSA) is 50.2 Å². The molecule has 1 aliphatic carbocycles. The molecule has 5 heteroatoms. The minimum absolute atomic E-state index is 0.478. The van der Waals surface area contributed by atoms with Gasteiger partial charge in [0.05, 0.1) is 0 Å². The van der Waals surface area contributed by atoms with Gasteiger partial charge in [0.25, 0.3) is 0 Å². The second-order valence-electron chi connectivity index (χ2n) is 12.7. The first-order valence-electron chi connectivity index (χ1n) is 15.8. The molecule has 2 saturated heterocycles. The Morgan fingerprint density at radius 1 is 0.590 bits per heavy atom. The van der Waals surface area contributed by atoms with Crippen LogP contribution in [-0.2, 0) is 26.2 Å². The first-order chi connectivity index (χ1) is 19.0. The van der Waals surface area contributed by atoms with Crippen LogP contribution in [0.5, 0.6) is 11.5 Å². The fourth-order valence-corrected chi connectivity index (χ4v) is 7.27. The van der Waals surface area contributed by atoms with Gasteiger partial charge in [-0.1, -0.05) is 67.5 Å². The third-order valence-electron chi connectivity index (χ3n) is 9.35. The zero-order valence-corrected chi connectivity index (χ0v) is 24.6. The molecule has 0 unspecified atom stereocenters. The summed E-state index contributed by atoms with van der Waals surface area (Å²) in [5.74, 6) is 0.956. The first-order valence-corrected chi connectivity index (χ1v) is 15.8. The van der Waals surface area contributed by atoms with Gasteiger partial charge in [0.2, 0.25) is 0 Å². The molecule has 0 spiro atoms. The maximum Gasteiger partial charge on any atom is 0.124 e. The smallest absolute Gasteiger partial charge is 0.124 e. The van der Waals surface area contributed by atoms with E-state index in [0.29, 0.717) is 17.5 Å². The SMILES string of the molecule is Cc1cc(CN2CCCCC2)c(O)c(CN(Cc2cc(C)cc(CN3CCCCC3)c2O)C2CCCCC2)c1. The summed E-state index contributed by atoms with van der Waals surface area (Å²) < 4.78 is 0. The van der Waals surface area contributed by atoms with E-state index in [9.17, 15) is 10.2 Å². The Balaban J connectivity index is 1.39. The van der Waals surface area contributed by atoms with Gasteiger partial charge in [-0.15, -0.1) is 0 Å². The second kappa shape index (κ2) is 13.5. The molecular weight excluding hydrogens is 482 g/mol. The summed E-state index contributed by atoms with van der Waals surface area (Å²) in [6.07, 6.45) is 13.9. The molecule has 0 atom stereocenters. The molecule has 0 amide bonds. The lowest BCUT2D eigenvalue weighted by Gasteiger charge is -2.35. The first kappa shape index (κ1) is 28.4. The Labute approximate surface area is 236 Å². The minimum atomic E-state index is 0.478. The van der Waals surface area contributed by atoms with E-state index in [4.69, 9.17) is 0 Å². The largest absolute Gasteiger partial charge is 0.507 e. The number of hydrogen-bond acceptors (Lipinski definition) is 5. The van der Waals surface area contributed by atoms with E-state index in [2.05, 4.69) is 52.8 Å². The summed E-state index contributed by atoms with van der Waals surface area (Å²) in [5, 5.41) is 22.9. The van der Waals surface area contributed by atoms with Crippen LogP contribution in [0.25, 0.3) is 0 Å². The van der Waals surface area contributed by atoms with E-state index in [0.717, 1.165) is 74.6 Å². The van der Waals surface area contributed by atoms with Crippen molar-refractivity contribution in [2.45, 2.75) is 117 Å². The number of phenols is 2. The van der Waals surface area contributed by atoms with E-state index in [1.165, 1.54) is 81.8 Å². The summed E-state index contributed by atoms with van der Waals surface area (Å²) >= 11 is 0. The summed E-state index contributed by atoms with van der Waals surface area (Å²) in [6.45, 7) is 11.9. The van der Waals surface area contributed by atoms with Gasteiger partial charge in [-0.05, 0) is 78.6 Å². The Morgan fingerprint density at radius 3 is 1.41 bits per heavy atom. The highest BCUT2D eigenvalue weighted by Gasteiger charge is 2.25. The van der Waals surface area contributed by atoms with Gasteiger partial charge in [-0.25, -0.2) is 0 Å². The molecule has 2 N–H and O–H groups in total. The molecular formula is C34H51N3O2. The molecule has 2 aliphatic heterocycles. The molecule has 5 rings (SSSR count). The number of aromatic hydroxyl groups is 2. The van der Waals surface area contributed by atoms with Crippen molar-refractivity contribution in [1.82, 2.24) is 14.7 Å². The number of rotatable bonds is 9. The fraction of sp³-hybridized carbons (Fsp3) is 0.647. The molecule has 0 radical (unpaired) electrons. The third kappa shape index (κ3) is 7.56. The summed E-state index contributed by atoms with van der Waals surface area (Å²) in [7, 11) is 0. The lowest BCUT2D eigenvalue weighted by Crippen LogP contribution is -2.36. The van der Waals surface area contributed by atoms with Gasteiger partial charge < -0.3 is 10.2 Å². The van der Waals surface area contributed by atoms with Gasteiger partial charge in [0.15, 0.2) is 0 Å². The highest BCUT2D eigenvalue weighted by Crippen LogP contribution is 2.34. The Kier molecular flexibility index (Phi) is 9.86. The van der Waals surface area contributed by atoms with E-state index in [1.54, 1.807) is 0 Å². The van der Waals surface area contributed by atoms with Crippen LogP contribution >= 0.6 is 0 Å². The van der Waals surface area contributed by atoms with E-state index in [-0.39, 0.29) is 0 Å². The van der Waals surface area contributed by atoms with Crippen LogP contribution in [0.3, 0.4) is 0 Å². The standard InChI is InChI=1S/C34H51N3O2/c1-26-18-28(22-35-14-8-4-9-15-35)33(38)30(20-26)24-37(32-12-6-3-7-13-32)25-31-21-27(2)19-29(34(31)39)23-36-16-10-5-11-17-36/h18-21,32,38-39H,3-17,22-25H2,1-2H3. The molecule has 1 saturated carbocycles. The zero-order valence-electron chi connectivity index (χ0n) is 24.6. The van der Waals surface area contributed by atoms with Crippen molar-refractivity contribution in [2.75, 3.05) is 26.2 Å². The number of phenolic OH excluding ortho intramolecular Hbond substituents is 2. The van der Waals surface area contributed by atoms with E-state index in [1.807, 2.05) is 0 Å². The molecule has 39 heavy (non-hydrogen) atoms. The Morgan fingerprint density at radius 2 is 0.974 bits per heavy atom. The summed E-state index contributed by atoms with van der Waals surface area (Å²) in [6, 6.07) is 9.20. The lowest BCUT2D eigenvalue weighted by atomic mass is 9.92. The number of hydrogen-bond donors (Lipinski definition) is 2. The van der Waals surface area contributed by atoms with Crippen molar-refractivity contribution in [3.05, 3.63) is 57.6 Å². The fourth-order valence-electron chi connectivity index (χ4n) is 7.27. The summed E-state index contributed by atoms with van der Waals surface area (Å²) in [4.78, 5) is 7.54. The highest BCUT2D eigenvalue weighted by atomic mass is 16.3. The average Bonchev–Trinajstić information content (AvgIpc) is 2.95. The lowest BCUT2D eigenvalue weighted by molar-refractivity contribution is 0.137. The number of benzene rings is 2. The van der Waals surface area contributed by atoms with Crippen LogP contribution in [-0.4, -0.2) is 57.1 Å². The van der Waals surface area contributed by atoms with Gasteiger partial charge in [-0.2, -0.15) is 0 Å². The number of likely N-dealkylation sites (tertiary alicyclic amines) is 2. The predicted molar refractivity (Wildman–Crippen MR) is 160 cm³/mol. The minimum Gasteiger partial charge on any atom is -0.507 e. The van der Waals surface area contributed by atoms with Crippen molar-refractivity contribution < 1.29 is 10.2 Å². The van der Waals surface area contributed by atoms with Gasteiger partial charge in [0, 0.05) is 54.5 Å². The van der Waals surface area contributed by atoms with Crippen molar-refractivity contribution in [2.24, 2.45) is 0 Å². The molecule has 2 heterocycles. The normalized spacial score (nSPS) is 20.1. The third-order valence-corrected chi connectivity index (χ3v) is 9.35. The molecule has 3 aliphatic rings. The van der Waals surface area contributed by atoms with Crippen LogP contribution in [0.15, 0.2) is 24.3 Å². The molecule has 3 fully saturated rings. The van der Waals surface area contributed by atoms with Crippen LogP contribution in [0, 0.1) is 13.8 Å². The van der Waals surface area contributed by atoms with Gasteiger partial charge in [0.1, 0.15) is 11.5 Å². The highest BCUT2D eigenvalue weighted by molar-refractivity contribution is 5.45. The van der Waals surface area contributed by atoms with Gasteiger partial charge >= 0.3 is 0 Å².